The van der Waals surface area contributed by atoms with Crippen molar-refractivity contribution in [2.24, 2.45) is 0 Å². The predicted octanol–water partition coefficient (Wildman–Crippen LogP) is 1.06. The van der Waals surface area contributed by atoms with Crippen molar-refractivity contribution in [2.45, 2.75) is 24.8 Å². The lowest BCUT2D eigenvalue weighted by molar-refractivity contribution is 0.598. The average molecular weight is 255 g/mol. The summed E-state index contributed by atoms with van der Waals surface area (Å²) in [5, 5.41) is 6.66. The van der Waals surface area contributed by atoms with Crippen LogP contribution in [0.15, 0.2) is 23.6 Å². The Morgan fingerprint density at radius 1 is 1.41 bits per heavy atom. The van der Waals surface area contributed by atoms with Gasteiger partial charge in [-0.05, 0) is 5.92 Å². The van der Waals surface area contributed by atoms with Crippen molar-refractivity contribution in [3.63, 3.8) is 0 Å². The Hall–Kier alpha value is -1.83. The largest absolute Gasteiger partial charge is 0.334 e. The Kier molecular flexibility index (Phi) is 2.88. The van der Waals surface area contributed by atoms with Gasteiger partial charge in [-0.3, -0.25) is 9.82 Å². The first-order valence-electron chi connectivity index (χ1n) is 5.05. The highest BCUT2D eigenvalue weighted by atomic mass is 32.2. The molecule has 0 radical (unpaired) electrons. The SMILES string of the molecule is CC(C)c1cc(NS(=O)(=O)c2cnc[nH]2)n[nH]1. The molecule has 0 fully saturated rings. The van der Waals surface area contributed by atoms with Gasteiger partial charge in [0, 0.05) is 11.8 Å². The number of aromatic amines is 2. The van der Waals surface area contributed by atoms with Gasteiger partial charge in [-0.15, -0.1) is 0 Å². The van der Waals surface area contributed by atoms with Gasteiger partial charge in [-0.1, -0.05) is 13.8 Å². The summed E-state index contributed by atoms with van der Waals surface area (Å²) in [6.45, 7) is 3.97. The number of hydrogen-bond donors (Lipinski definition) is 3. The number of imidazole rings is 1. The maximum atomic E-state index is 11.8. The van der Waals surface area contributed by atoms with Crippen molar-refractivity contribution in [1.29, 1.82) is 0 Å². The summed E-state index contributed by atoms with van der Waals surface area (Å²) in [5.41, 5.74) is 0.868. The van der Waals surface area contributed by atoms with Crippen LogP contribution in [-0.2, 0) is 10.0 Å². The molecule has 17 heavy (non-hydrogen) atoms. The third kappa shape index (κ3) is 2.47. The van der Waals surface area contributed by atoms with Crippen LogP contribution in [0.2, 0.25) is 0 Å². The summed E-state index contributed by atoms with van der Waals surface area (Å²) >= 11 is 0. The Labute approximate surface area is 98.7 Å². The molecule has 0 aliphatic rings. The van der Waals surface area contributed by atoms with E-state index in [1.54, 1.807) is 6.07 Å². The van der Waals surface area contributed by atoms with Crippen LogP contribution in [0.25, 0.3) is 0 Å². The highest BCUT2D eigenvalue weighted by Crippen LogP contribution is 2.17. The lowest BCUT2D eigenvalue weighted by Gasteiger charge is -2.01. The van der Waals surface area contributed by atoms with Crippen LogP contribution in [-0.4, -0.2) is 28.6 Å². The van der Waals surface area contributed by atoms with Crippen molar-refractivity contribution in [2.75, 3.05) is 4.72 Å². The van der Waals surface area contributed by atoms with Crippen molar-refractivity contribution in [1.82, 2.24) is 20.2 Å². The quantitative estimate of drug-likeness (QED) is 0.759. The maximum absolute atomic E-state index is 11.8. The second-order valence-electron chi connectivity index (χ2n) is 3.88. The van der Waals surface area contributed by atoms with E-state index in [-0.39, 0.29) is 16.8 Å². The van der Waals surface area contributed by atoms with E-state index in [1.807, 2.05) is 13.8 Å². The summed E-state index contributed by atoms with van der Waals surface area (Å²) in [6.07, 6.45) is 2.54. The molecule has 2 heterocycles. The van der Waals surface area contributed by atoms with Gasteiger partial charge < -0.3 is 4.98 Å². The Morgan fingerprint density at radius 2 is 2.18 bits per heavy atom. The first-order valence-corrected chi connectivity index (χ1v) is 6.54. The minimum atomic E-state index is -3.63. The van der Waals surface area contributed by atoms with Gasteiger partial charge in [-0.25, -0.2) is 4.98 Å². The average Bonchev–Trinajstić information content (AvgIpc) is 2.85. The number of rotatable bonds is 4. The summed E-state index contributed by atoms with van der Waals surface area (Å²) < 4.78 is 26.0. The van der Waals surface area contributed by atoms with Crippen LogP contribution in [0.4, 0.5) is 5.82 Å². The van der Waals surface area contributed by atoms with Crippen molar-refractivity contribution in [3.8, 4) is 0 Å². The molecule has 0 aliphatic heterocycles. The summed E-state index contributed by atoms with van der Waals surface area (Å²) in [5.74, 6) is 0.524. The number of anilines is 1. The number of H-pyrrole nitrogens is 2. The van der Waals surface area contributed by atoms with Crippen LogP contribution in [0.5, 0.6) is 0 Å². The molecule has 2 rings (SSSR count). The minimum Gasteiger partial charge on any atom is -0.334 e. The monoisotopic (exact) mass is 255 g/mol. The third-order valence-electron chi connectivity index (χ3n) is 2.22. The normalized spacial score (nSPS) is 11.9. The number of aromatic nitrogens is 4. The zero-order valence-corrected chi connectivity index (χ0v) is 10.2. The van der Waals surface area contributed by atoms with E-state index < -0.39 is 10.0 Å². The van der Waals surface area contributed by atoms with Gasteiger partial charge >= 0.3 is 0 Å². The molecule has 0 unspecified atom stereocenters. The molecule has 0 atom stereocenters. The molecule has 0 bridgehead atoms. The van der Waals surface area contributed by atoms with E-state index in [1.165, 1.54) is 12.5 Å². The Morgan fingerprint density at radius 3 is 2.71 bits per heavy atom. The molecule has 0 spiro atoms. The second kappa shape index (κ2) is 4.21. The van der Waals surface area contributed by atoms with E-state index in [9.17, 15) is 8.42 Å². The van der Waals surface area contributed by atoms with Gasteiger partial charge in [0.2, 0.25) is 0 Å². The molecular formula is C9H13N5O2S. The molecule has 0 amide bonds. The van der Waals surface area contributed by atoms with E-state index in [4.69, 9.17) is 0 Å². The van der Waals surface area contributed by atoms with Gasteiger partial charge in [0.05, 0.1) is 12.5 Å². The number of sulfonamides is 1. The maximum Gasteiger partial charge on any atom is 0.280 e. The van der Waals surface area contributed by atoms with Gasteiger partial charge in [0.25, 0.3) is 10.0 Å². The van der Waals surface area contributed by atoms with E-state index in [0.29, 0.717) is 0 Å². The van der Waals surface area contributed by atoms with E-state index in [2.05, 4.69) is 24.9 Å². The number of hydrogen-bond acceptors (Lipinski definition) is 4. The predicted molar refractivity (Wildman–Crippen MR) is 62.1 cm³/mol. The van der Waals surface area contributed by atoms with Crippen LogP contribution < -0.4 is 4.72 Å². The molecular weight excluding hydrogens is 242 g/mol. The smallest absolute Gasteiger partial charge is 0.280 e. The van der Waals surface area contributed by atoms with Crippen LogP contribution in [0, 0.1) is 0 Å². The molecule has 0 aromatic carbocycles. The topological polar surface area (TPSA) is 104 Å². The van der Waals surface area contributed by atoms with Crippen LogP contribution >= 0.6 is 0 Å². The van der Waals surface area contributed by atoms with Crippen molar-refractivity contribution >= 4 is 15.8 Å². The third-order valence-corrected chi connectivity index (χ3v) is 3.50. The summed E-state index contributed by atoms with van der Waals surface area (Å²) in [7, 11) is -3.63. The molecule has 2 aromatic rings. The molecule has 0 saturated carbocycles. The van der Waals surface area contributed by atoms with Gasteiger partial charge in [-0.2, -0.15) is 13.5 Å². The van der Waals surface area contributed by atoms with Crippen LogP contribution in [0.1, 0.15) is 25.5 Å². The van der Waals surface area contributed by atoms with Crippen LogP contribution in [0.3, 0.4) is 0 Å². The lowest BCUT2D eigenvalue weighted by atomic mass is 10.1. The molecule has 0 saturated heterocycles. The highest BCUT2D eigenvalue weighted by molar-refractivity contribution is 7.92. The number of nitrogens with zero attached hydrogens (tertiary/aromatic N) is 2. The molecule has 3 N–H and O–H groups in total. The molecule has 7 nitrogen and oxygen atoms in total. The zero-order valence-electron chi connectivity index (χ0n) is 9.43. The van der Waals surface area contributed by atoms with Gasteiger partial charge in [0.1, 0.15) is 0 Å². The fraction of sp³-hybridized carbons (Fsp3) is 0.333. The summed E-state index contributed by atoms with van der Waals surface area (Å²) in [6, 6.07) is 1.67. The van der Waals surface area contributed by atoms with Crippen molar-refractivity contribution in [3.05, 3.63) is 24.3 Å². The zero-order chi connectivity index (χ0) is 12.5. The molecule has 0 aliphatic carbocycles. The van der Waals surface area contributed by atoms with Gasteiger partial charge in [0.15, 0.2) is 10.8 Å². The number of nitrogens with one attached hydrogen (secondary N) is 3. The standard InChI is InChI=1S/C9H13N5O2S/c1-6(2)7-3-8(13-12-7)14-17(15,16)9-4-10-5-11-9/h3-6H,1-2H3,(H,10,11)(H2,12,13,14). The highest BCUT2D eigenvalue weighted by Gasteiger charge is 2.17. The summed E-state index contributed by atoms with van der Waals surface area (Å²) in [4.78, 5) is 6.19. The lowest BCUT2D eigenvalue weighted by Crippen LogP contribution is -2.13. The van der Waals surface area contributed by atoms with Crippen molar-refractivity contribution < 1.29 is 8.42 Å². The minimum absolute atomic E-state index is 0.00611. The van der Waals surface area contributed by atoms with E-state index >= 15 is 0 Å². The first-order chi connectivity index (χ1) is 7.99. The fourth-order valence-electron chi connectivity index (χ4n) is 1.27. The first kappa shape index (κ1) is 11.6. The Bertz CT molecular complexity index is 585. The molecule has 8 heteroatoms. The van der Waals surface area contributed by atoms with E-state index in [0.717, 1.165) is 5.69 Å². The fourth-order valence-corrected chi connectivity index (χ4v) is 2.16. The molecule has 2 aromatic heterocycles. The molecule has 92 valence electrons. The Balaban J connectivity index is 2.21. The second-order valence-corrected chi connectivity index (χ2v) is 5.54.